The first-order chi connectivity index (χ1) is 14.3. The van der Waals surface area contributed by atoms with Gasteiger partial charge in [-0.05, 0) is 42.3 Å². The van der Waals surface area contributed by atoms with Crippen LogP contribution >= 0.6 is 0 Å². The summed E-state index contributed by atoms with van der Waals surface area (Å²) >= 11 is 0. The van der Waals surface area contributed by atoms with Crippen molar-refractivity contribution in [3.8, 4) is 23.0 Å². The second-order valence-electron chi connectivity index (χ2n) is 7.15. The van der Waals surface area contributed by atoms with Gasteiger partial charge in [-0.15, -0.1) is 5.10 Å². The number of unbranched alkanes of at least 4 members (excludes halogenated alkanes) is 1. The van der Waals surface area contributed by atoms with Crippen LogP contribution in [0.2, 0.25) is 0 Å². The Hall–Kier alpha value is -3.42. The summed E-state index contributed by atoms with van der Waals surface area (Å²) in [5.74, 6) is 2.46. The highest BCUT2D eigenvalue weighted by Gasteiger charge is 2.20. The fraction of sp³-hybridized carbons (Fsp3) is 0.333. The van der Waals surface area contributed by atoms with E-state index < -0.39 is 0 Å². The number of hydrogen-bond acceptors (Lipinski definition) is 5. The first-order valence-electron chi connectivity index (χ1n) is 10.0. The molecule has 3 aromatic heterocycles. The molecule has 0 spiro atoms. The number of hydrogen-bond donors (Lipinski definition) is 0. The molecule has 0 amide bonds. The highest BCUT2D eigenvalue weighted by molar-refractivity contribution is 5.55. The van der Waals surface area contributed by atoms with Crippen molar-refractivity contribution in [1.82, 2.24) is 34.3 Å². The van der Waals surface area contributed by atoms with Gasteiger partial charge < -0.3 is 4.74 Å². The van der Waals surface area contributed by atoms with E-state index in [9.17, 15) is 0 Å². The standard InChI is InChI=1S/C21H23N7O/c1-2-3-12-27-18(7-10-23-27)21-24-20(15-26-11-4-9-22-26)25-28(21)17-5-6-19-16(14-17)8-13-29-19/h4-7,9-11,14H,2-3,8,12-13,15H2,1H3. The molecule has 1 aliphatic rings. The molecule has 0 radical (unpaired) electrons. The molecule has 29 heavy (non-hydrogen) atoms. The third kappa shape index (κ3) is 3.41. The molecule has 1 aromatic carbocycles. The molecule has 4 aromatic rings. The Labute approximate surface area is 168 Å². The largest absolute Gasteiger partial charge is 0.493 e. The summed E-state index contributed by atoms with van der Waals surface area (Å²) in [7, 11) is 0. The van der Waals surface area contributed by atoms with E-state index in [4.69, 9.17) is 14.8 Å². The average molecular weight is 389 g/mol. The normalized spacial score (nSPS) is 12.9. The Morgan fingerprint density at radius 2 is 2.10 bits per heavy atom. The van der Waals surface area contributed by atoms with Crippen LogP contribution in [0.4, 0.5) is 0 Å². The van der Waals surface area contributed by atoms with Gasteiger partial charge in [-0.2, -0.15) is 10.2 Å². The molecule has 148 valence electrons. The lowest BCUT2D eigenvalue weighted by Crippen LogP contribution is -2.07. The molecule has 0 fully saturated rings. The van der Waals surface area contributed by atoms with Crippen molar-refractivity contribution < 1.29 is 4.74 Å². The van der Waals surface area contributed by atoms with E-state index in [1.54, 1.807) is 6.20 Å². The summed E-state index contributed by atoms with van der Waals surface area (Å²) in [6.45, 7) is 4.29. The zero-order valence-corrected chi connectivity index (χ0v) is 16.4. The van der Waals surface area contributed by atoms with E-state index in [0.717, 1.165) is 55.4 Å². The zero-order chi connectivity index (χ0) is 19.6. The molecule has 5 rings (SSSR count). The Morgan fingerprint density at radius 3 is 2.97 bits per heavy atom. The molecular formula is C21H23N7O. The monoisotopic (exact) mass is 389 g/mol. The van der Waals surface area contributed by atoms with Gasteiger partial charge in [-0.3, -0.25) is 9.36 Å². The maximum atomic E-state index is 5.66. The van der Waals surface area contributed by atoms with Crippen LogP contribution in [0.5, 0.6) is 5.75 Å². The van der Waals surface area contributed by atoms with Crippen LogP contribution < -0.4 is 4.74 Å². The Balaban J connectivity index is 1.59. The highest BCUT2D eigenvalue weighted by Crippen LogP contribution is 2.29. The third-order valence-electron chi connectivity index (χ3n) is 5.10. The first kappa shape index (κ1) is 17.7. The quantitative estimate of drug-likeness (QED) is 0.485. The van der Waals surface area contributed by atoms with Crippen molar-refractivity contribution in [2.24, 2.45) is 0 Å². The van der Waals surface area contributed by atoms with Gasteiger partial charge in [0.15, 0.2) is 11.6 Å². The Bertz CT molecular complexity index is 1110. The zero-order valence-electron chi connectivity index (χ0n) is 16.4. The highest BCUT2D eigenvalue weighted by atomic mass is 16.5. The molecule has 0 unspecified atom stereocenters. The summed E-state index contributed by atoms with van der Waals surface area (Å²) in [6, 6.07) is 10.1. The van der Waals surface area contributed by atoms with Crippen LogP contribution in [0.25, 0.3) is 17.2 Å². The minimum Gasteiger partial charge on any atom is -0.493 e. The number of rotatable bonds is 7. The average Bonchev–Trinajstić information content (AvgIpc) is 3.52. The number of fused-ring (bicyclic) bond motifs is 1. The number of nitrogens with zero attached hydrogens (tertiary/aromatic N) is 7. The van der Waals surface area contributed by atoms with Crippen molar-refractivity contribution in [1.29, 1.82) is 0 Å². The van der Waals surface area contributed by atoms with Crippen LogP contribution in [0.3, 0.4) is 0 Å². The molecular weight excluding hydrogens is 366 g/mol. The van der Waals surface area contributed by atoms with Crippen molar-refractivity contribution in [3.63, 3.8) is 0 Å². The number of aryl methyl sites for hydroxylation is 1. The van der Waals surface area contributed by atoms with Crippen molar-refractivity contribution in [2.45, 2.75) is 39.3 Å². The van der Waals surface area contributed by atoms with E-state index in [0.29, 0.717) is 12.4 Å². The first-order valence-corrected chi connectivity index (χ1v) is 10.0. The maximum Gasteiger partial charge on any atom is 0.181 e. The molecule has 0 atom stereocenters. The summed E-state index contributed by atoms with van der Waals surface area (Å²) in [5, 5.41) is 13.6. The van der Waals surface area contributed by atoms with Gasteiger partial charge in [0.25, 0.3) is 0 Å². The predicted octanol–water partition coefficient (Wildman–Crippen LogP) is 3.11. The van der Waals surface area contributed by atoms with Gasteiger partial charge in [0, 0.05) is 31.6 Å². The van der Waals surface area contributed by atoms with Gasteiger partial charge in [0.05, 0.1) is 12.3 Å². The smallest absolute Gasteiger partial charge is 0.181 e. The minimum absolute atomic E-state index is 0.518. The summed E-state index contributed by atoms with van der Waals surface area (Å²) in [6.07, 6.45) is 8.60. The lowest BCUT2D eigenvalue weighted by atomic mass is 10.1. The van der Waals surface area contributed by atoms with Crippen molar-refractivity contribution in [3.05, 3.63) is 60.3 Å². The molecule has 4 heterocycles. The van der Waals surface area contributed by atoms with E-state index in [-0.39, 0.29) is 0 Å². The third-order valence-corrected chi connectivity index (χ3v) is 5.10. The van der Waals surface area contributed by atoms with E-state index in [2.05, 4.69) is 23.2 Å². The van der Waals surface area contributed by atoms with Gasteiger partial charge in [0.1, 0.15) is 18.0 Å². The lowest BCUT2D eigenvalue weighted by molar-refractivity contribution is 0.357. The van der Waals surface area contributed by atoms with Gasteiger partial charge in [-0.1, -0.05) is 13.3 Å². The molecule has 0 aliphatic carbocycles. The summed E-state index contributed by atoms with van der Waals surface area (Å²) in [4.78, 5) is 4.87. The second-order valence-corrected chi connectivity index (χ2v) is 7.15. The molecule has 0 saturated heterocycles. The van der Waals surface area contributed by atoms with Gasteiger partial charge in [0.2, 0.25) is 0 Å². The van der Waals surface area contributed by atoms with E-state index >= 15 is 0 Å². The fourth-order valence-electron chi connectivity index (χ4n) is 3.62. The van der Waals surface area contributed by atoms with Crippen LogP contribution in [-0.2, 0) is 19.5 Å². The minimum atomic E-state index is 0.518. The molecule has 1 aliphatic heterocycles. The van der Waals surface area contributed by atoms with Gasteiger partial charge in [-0.25, -0.2) is 9.67 Å². The van der Waals surface area contributed by atoms with Crippen molar-refractivity contribution in [2.75, 3.05) is 6.61 Å². The Kier molecular flexibility index (Phi) is 4.59. The summed E-state index contributed by atoms with van der Waals surface area (Å²) < 4.78 is 11.4. The number of ether oxygens (including phenoxy) is 1. The molecule has 8 nitrogen and oxygen atoms in total. The number of benzene rings is 1. The SMILES string of the molecule is CCCCn1nccc1-c1nc(Cn2cccn2)nn1-c1ccc2c(c1)CCO2. The molecule has 8 heteroatoms. The van der Waals surface area contributed by atoms with E-state index in [1.165, 1.54) is 5.56 Å². The predicted molar refractivity (Wildman–Crippen MR) is 108 cm³/mol. The van der Waals surface area contributed by atoms with Crippen LogP contribution in [0, 0.1) is 0 Å². The Morgan fingerprint density at radius 1 is 1.14 bits per heavy atom. The second kappa shape index (κ2) is 7.54. The van der Waals surface area contributed by atoms with Crippen molar-refractivity contribution >= 4 is 0 Å². The van der Waals surface area contributed by atoms with Crippen LogP contribution in [-0.4, -0.2) is 40.9 Å². The van der Waals surface area contributed by atoms with E-state index in [1.807, 2.05) is 50.7 Å². The maximum absolute atomic E-state index is 5.66. The molecule has 0 bridgehead atoms. The number of aromatic nitrogens is 7. The lowest BCUT2D eigenvalue weighted by Gasteiger charge is -2.09. The molecule has 0 N–H and O–H groups in total. The topological polar surface area (TPSA) is 75.6 Å². The molecule has 0 saturated carbocycles. The fourth-order valence-corrected chi connectivity index (χ4v) is 3.62. The summed E-state index contributed by atoms with van der Waals surface area (Å²) in [5.41, 5.74) is 3.15. The van der Waals surface area contributed by atoms with Crippen LogP contribution in [0.1, 0.15) is 31.2 Å². The van der Waals surface area contributed by atoms with Gasteiger partial charge >= 0.3 is 0 Å². The van der Waals surface area contributed by atoms with Crippen LogP contribution in [0.15, 0.2) is 48.9 Å².